The summed E-state index contributed by atoms with van der Waals surface area (Å²) < 4.78 is 27.8. The molecule has 2 aromatic carbocycles. The fraction of sp³-hybridized carbons (Fsp3) is 0.400. The van der Waals surface area contributed by atoms with Crippen molar-refractivity contribution in [3.63, 3.8) is 0 Å². The van der Waals surface area contributed by atoms with Crippen molar-refractivity contribution in [2.24, 2.45) is 11.8 Å². The van der Waals surface area contributed by atoms with Crippen molar-refractivity contribution in [1.82, 2.24) is 14.1 Å². The van der Waals surface area contributed by atoms with Crippen LogP contribution in [0.2, 0.25) is 0 Å². The van der Waals surface area contributed by atoms with E-state index in [0.717, 1.165) is 15.7 Å². The van der Waals surface area contributed by atoms with Crippen molar-refractivity contribution in [2.45, 2.75) is 30.7 Å². The largest absolute Gasteiger partial charge is 0.338 e. The van der Waals surface area contributed by atoms with Crippen LogP contribution >= 0.6 is 0 Å². The molecular weight excluding hydrogens is 454 g/mol. The quantitative estimate of drug-likeness (QED) is 0.492. The van der Waals surface area contributed by atoms with Gasteiger partial charge in [0.05, 0.1) is 16.7 Å². The van der Waals surface area contributed by atoms with Gasteiger partial charge in [-0.3, -0.25) is 19.3 Å². The van der Waals surface area contributed by atoms with Gasteiger partial charge in [0.2, 0.25) is 27.7 Å². The van der Waals surface area contributed by atoms with Gasteiger partial charge in [0.15, 0.2) is 0 Å². The molecule has 3 aliphatic rings. The summed E-state index contributed by atoms with van der Waals surface area (Å²) in [4.78, 5) is 41.7. The Morgan fingerprint density at radius 3 is 2.09 bits per heavy atom. The van der Waals surface area contributed by atoms with Crippen molar-refractivity contribution in [3.8, 4) is 0 Å². The average Bonchev–Trinajstić information content (AvgIpc) is 3.12. The van der Waals surface area contributed by atoms with Crippen LogP contribution in [0.15, 0.2) is 59.5 Å². The molecule has 8 nitrogen and oxygen atoms in total. The lowest BCUT2D eigenvalue weighted by molar-refractivity contribution is -0.151. The number of allylic oxidation sites excluding steroid dienone is 2. The second-order valence-corrected chi connectivity index (χ2v) is 11.1. The van der Waals surface area contributed by atoms with Gasteiger partial charge >= 0.3 is 0 Å². The van der Waals surface area contributed by atoms with Crippen molar-refractivity contribution in [2.75, 3.05) is 26.2 Å². The molecule has 9 heteroatoms. The zero-order valence-electron chi connectivity index (χ0n) is 19.0. The minimum absolute atomic E-state index is 0.157. The number of hydrogen-bond acceptors (Lipinski definition) is 5. The molecule has 2 saturated heterocycles. The van der Waals surface area contributed by atoms with Gasteiger partial charge in [-0.2, -0.15) is 4.31 Å². The molecular formula is C25H27N3O5S. The van der Waals surface area contributed by atoms with Crippen LogP contribution in [-0.2, 0) is 24.4 Å². The summed E-state index contributed by atoms with van der Waals surface area (Å²) in [5, 5.41) is 1.81. The molecule has 3 atom stereocenters. The first-order valence-electron chi connectivity index (χ1n) is 11.6. The standard InChI is InChI=1S/C25H27N3O5S/c1-17(28-24(30)21-8-4-5-9-22(21)25(28)31)23(29)26-12-14-27(15-13-26)34(32,33)20-11-10-18-6-2-3-7-19(18)16-20/h2-7,10-11,16-17,21-22H,8-9,12-15H2,1H3/t17-,21+,22+/m1/s1. The van der Waals surface area contributed by atoms with Crippen LogP contribution in [0.25, 0.3) is 10.8 Å². The second-order valence-electron chi connectivity index (χ2n) is 9.12. The zero-order valence-corrected chi connectivity index (χ0v) is 19.8. The maximum atomic E-state index is 13.2. The number of amides is 3. The molecule has 5 rings (SSSR count). The minimum Gasteiger partial charge on any atom is -0.338 e. The third-order valence-electron chi connectivity index (χ3n) is 7.20. The van der Waals surface area contributed by atoms with E-state index in [1.54, 1.807) is 30.0 Å². The minimum atomic E-state index is -3.70. The molecule has 0 N–H and O–H groups in total. The Morgan fingerprint density at radius 2 is 1.47 bits per heavy atom. The normalized spacial score (nSPS) is 24.5. The number of imide groups is 1. The molecule has 0 unspecified atom stereocenters. The number of piperazine rings is 1. The van der Waals surface area contributed by atoms with E-state index in [9.17, 15) is 22.8 Å². The molecule has 2 aromatic rings. The summed E-state index contributed by atoms with van der Waals surface area (Å²) in [5.41, 5.74) is 0. The SMILES string of the molecule is C[C@H](C(=O)N1CCN(S(=O)(=O)c2ccc3ccccc3c2)CC1)N1C(=O)[C@H]2CC=CC[C@@H]2C1=O. The Morgan fingerprint density at radius 1 is 0.882 bits per heavy atom. The van der Waals surface area contributed by atoms with E-state index < -0.39 is 16.1 Å². The van der Waals surface area contributed by atoms with E-state index in [1.807, 2.05) is 36.4 Å². The number of likely N-dealkylation sites (tertiary alicyclic amines) is 1. The second kappa shape index (κ2) is 8.63. The van der Waals surface area contributed by atoms with E-state index in [1.165, 1.54) is 4.31 Å². The van der Waals surface area contributed by atoms with E-state index in [-0.39, 0.29) is 60.6 Å². The lowest BCUT2D eigenvalue weighted by Crippen LogP contribution is -2.56. The van der Waals surface area contributed by atoms with Gasteiger partial charge in [-0.25, -0.2) is 8.42 Å². The van der Waals surface area contributed by atoms with Gasteiger partial charge in [-0.1, -0.05) is 42.5 Å². The lowest BCUT2D eigenvalue weighted by atomic mass is 9.85. The van der Waals surface area contributed by atoms with Gasteiger partial charge < -0.3 is 4.90 Å². The molecule has 178 valence electrons. The first-order valence-corrected chi connectivity index (χ1v) is 13.0. The Bertz CT molecular complexity index is 1270. The Hall–Kier alpha value is -3.04. The third-order valence-corrected chi connectivity index (χ3v) is 9.09. The highest BCUT2D eigenvalue weighted by Crippen LogP contribution is 2.36. The molecule has 3 amide bonds. The fourth-order valence-electron chi connectivity index (χ4n) is 5.21. The van der Waals surface area contributed by atoms with E-state index in [0.29, 0.717) is 12.8 Å². The predicted octanol–water partition coefficient (Wildman–Crippen LogP) is 2.01. The van der Waals surface area contributed by atoms with Crippen LogP contribution < -0.4 is 0 Å². The Labute approximate surface area is 198 Å². The number of nitrogens with zero attached hydrogens (tertiary/aromatic N) is 3. The number of carbonyl (C=O) groups is 3. The predicted molar refractivity (Wildman–Crippen MR) is 126 cm³/mol. The summed E-state index contributed by atoms with van der Waals surface area (Å²) in [5.74, 6) is -1.64. The van der Waals surface area contributed by atoms with Crippen LogP contribution in [0, 0.1) is 11.8 Å². The topological polar surface area (TPSA) is 95.1 Å². The number of hydrogen-bond donors (Lipinski definition) is 0. The summed E-state index contributed by atoms with van der Waals surface area (Å²) in [6.45, 7) is 2.32. The highest BCUT2D eigenvalue weighted by atomic mass is 32.2. The number of benzene rings is 2. The highest BCUT2D eigenvalue weighted by Gasteiger charge is 2.50. The van der Waals surface area contributed by atoms with Crippen molar-refractivity contribution in [1.29, 1.82) is 0 Å². The van der Waals surface area contributed by atoms with Crippen LogP contribution in [-0.4, -0.2) is 72.5 Å². The Balaban J connectivity index is 1.26. The number of rotatable bonds is 4. The van der Waals surface area contributed by atoms with Gasteiger partial charge in [-0.15, -0.1) is 0 Å². The molecule has 0 bridgehead atoms. The maximum Gasteiger partial charge on any atom is 0.245 e. The monoisotopic (exact) mass is 481 g/mol. The molecule has 2 heterocycles. The molecule has 2 fully saturated rings. The zero-order chi connectivity index (χ0) is 24.0. The molecule has 0 spiro atoms. The first kappa shape index (κ1) is 22.7. The van der Waals surface area contributed by atoms with E-state index in [2.05, 4.69) is 0 Å². The van der Waals surface area contributed by atoms with Gasteiger partial charge in [0, 0.05) is 26.2 Å². The molecule has 2 aliphatic heterocycles. The molecule has 0 saturated carbocycles. The number of fused-ring (bicyclic) bond motifs is 2. The first-order chi connectivity index (χ1) is 16.3. The number of carbonyl (C=O) groups excluding carboxylic acids is 3. The number of sulfonamides is 1. The summed E-state index contributed by atoms with van der Waals surface area (Å²) in [6, 6.07) is 11.8. The fourth-order valence-corrected chi connectivity index (χ4v) is 6.67. The van der Waals surface area contributed by atoms with E-state index in [4.69, 9.17) is 0 Å². The van der Waals surface area contributed by atoms with Crippen LogP contribution in [0.1, 0.15) is 19.8 Å². The van der Waals surface area contributed by atoms with Crippen LogP contribution in [0.4, 0.5) is 0 Å². The van der Waals surface area contributed by atoms with Crippen LogP contribution in [0.5, 0.6) is 0 Å². The van der Waals surface area contributed by atoms with Gasteiger partial charge in [-0.05, 0) is 42.7 Å². The summed E-state index contributed by atoms with van der Waals surface area (Å²) in [7, 11) is -3.70. The van der Waals surface area contributed by atoms with Gasteiger partial charge in [0.25, 0.3) is 0 Å². The highest BCUT2D eigenvalue weighted by molar-refractivity contribution is 7.89. The molecule has 0 aromatic heterocycles. The van der Waals surface area contributed by atoms with Crippen molar-refractivity contribution >= 4 is 38.5 Å². The van der Waals surface area contributed by atoms with Gasteiger partial charge in [0.1, 0.15) is 6.04 Å². The van der Waals surface area contributed by atoms with Crippen molar-refractivity contribution in [3.05, 3.63) is 54.6 Å². The lowest BCUT2D eigenvalue weighted by Gasteiger charge is -2.36. The van der Waals surface area contributed by atoms with Crippen molar-refractivity contribution < 1.29 is 22.8 Å². The van der Waals surface area contributed by atoms with E-state index >= 15 is 0 Å². The third kappa shape index (κ3) is 3.73. The molecule has 1 aliphatic carbocycles. The smallest absolute Gasteiger partial charge is 0.245 e. The maximum absolute atomic E-state index is 13.2. The molecule has 34 heavy (non-hydrogen) atoms. The summed E-state index contributed by atoms with van der Waals surface area (Å²) in [6.07, 6.45) is 4.88. The summed E-state index contributed by atoms with van der Waals surface area (Å²) >= 11 is 0. The average molecular weight is 482 g/mol. The van der Waals surface area contributed by atoms with Crippen LogP contribution in [0.3, 0.4) is 0 Å². The molecule has 0 radical (unpaired) electrons. The Kier molecular flexibility index (Phi) is 5.77.